The lowest BCUT2D eigenvalue weighted by Crippen LogP contribution is -2.68. The van der Waals surface area contributed by atoms with Gasteiger partial charge in [-0.1, -0.05) is 18.2 Å². The molecule has 0 radical (unpaired) electrons. The fourth-order valence-electron chi connectivity index (χ4n) is 4.00. The van der Waals surface area contributed by atoms with Crippen molar-refractivity contribution in [2.75, 3.05) is 14.2 Å². The summed E-state index contributed by atoms with van der Waals surface area (Å²) in [6.07, 6.45) is 0.821. The van der Waals surface area contributed by atoms with E-state index in [1.807, 2.05) is 11.9 Å². The number of methoxy groups -OCH3 is 1. The smallest absolute Gasteiger partial charge is 0.358 e. The number of carbonyl (C=O) groups is 2. The summed E-state index contributed by atoms with van der Waals surface area (Å²) in [5, 5.41) is 2.51. The van der Waals surface area contributed by atoms with E-state index in [1.54, 1.807) is 30.3 Å². The Hall–Kier alpha value is -2.48. The minimum atomic E-state index is -1.76. The lowest BCUT2D eigenvalue weighted by Gasteiger charge is -2.46. The van der Waals surface area contributed by atoms with Gasteiger partial charge in [0.2, 0.25) is 0 Å². The molecule has 1 aromatic rings. The Balaban J connectivity index is 1.95. The highest BCUT2D eigenvalue weighted by Gasteiger charge is 2.66. The second-order valence-electron chi connectivity index (χ2n) is 6.36. The number of piperidine rings is 1. The number of benzene rings is 1. The van der Waals surface area contributed by atoms with E-state index in [2.05, 4.69) is 5.34 Å². The zero-order valence-corrected chi connectivity index (χ0v) is 14.1. The molecule has 134 valence electrons. The highest BCUT2D eigenvalue weighted by Crippen LogP contribution is 2.45. The van der Waals surface area contributed by atoms with E-state index in [9.17, 15) is 14.5 Å². The highest BCUT2D eigenvalue weighted by molar-refractivity contribution is 5.90. The maximum atomic E-state index is 12.6. The summed E-state index contributed by atoms with van der Waals surface area (Å²) in [5.41, 5.74) is -1.41. The molecule has 0 N–H and O–H groups in total. The SMILES string of the molecule is COC(=O)[C@]1(ON=O)[C@@H](OC(=O)c2ccccc2)C[C@H]2CC[C@@H]1N2C. The molecule has 3 rings (SSSR count). The van der Waals surface area contributed by atoms with Crippen molar-refractivity contribution in [2.24, 2.45) is 5.34 Å². The number of likely N-dealkylation sites (N-methyl/N-ethyl adjacent to an activating group) is 1. The lowest BCUT2D eigenvalue weighted by molar-refractivity contribution is -0.212. The Morgan fingerprint density at radius 3 is 2.60 bits per heavy atom. The van der Waals surface area contributed by atoms with E-state index in [0.717, 1.165) is 6.42 Å². The molecule has 4 atom stereocenters. The van der Waals surface area contributed by atoms with Crippen molar-refractivity contribution in [3.05, 3.63) is 40.8 Å². The third-order valence-electron chi connectivity index (χ3n) is 5.25. The van der Waals surface area contributed by atoms with Gasteiger partial charge in [-0.15, -0.1) is 4.91 Å². The molecule has 8 heteroatoms. The van der Waals surface area contributed by atoms with Crippen LogP contribution in [0.3, 0.4) is 0 Å². The maximum absolute atomic E-state index is 12.6. The largest absolute Gasteiger partial charge is 0.466 e. The van der Waals surface area contributed by atoms with Crippen LogP contribution in [0.2, 0.25) is 0 Å². The fourth-order valence-corrected chi connectivity index (χ4v) is 4.00. The topological polar surface area (TPSA) is 94.5 Å². The molecule has 0 aliphatic carbocycles. The molecule has 2 saturated heterocycles. The number of ether oxygens (including phenoxy) is 2. The van der Waals surface area contributed by atoms with Crippen LogP contribution in [0.1, 0.15) is 29.6 Å². The molecule has 0 saturated carbocycles. The molecular weight excluding hydrogens is 328 g/mol. The Bertz CT molecular complexity index is 666. The number of esters is 2. The Morgan fingerprint density at radius 2 is 1.96 bits per heavy atom. The standard InChI is InChI=1S/C17H20N2O6/c1-19-12-8-9-13(19)17(25-18-22,16(21)23-2)14(10-12)24-15(20)11-6-4-3-5-7-11/h3-7,12-14H,8-10H2,1-2H3/t12-,13+,14+,17-/m1/s1. The van der Waals surface area contributed by atoms with Gasteiger partial charge >= 0.3 is 11.9 Å². The van der Waals surface area contributed by atoms with Crippen molar-refractivity contribution < 1.29 is 23.9 Å². The summed E-state index contributed by atoms with van der Waals surface area (Å²) in [6, 6.07) is 8.12. The monoisotopic (exact) mass is 348 g/mol. The van der Waals surface area contributed by atoms with Gasteiger partial charge in [0, 0.05) is 12.5 Å². The molecule has 2 aliphatic rings. The summed E-state index contributed by atoms with van der Waals surface area (Å²) < 4.78 is 10.5. The first kappa shape index (κ1) is 17.3. The van der Waals surface area contributed by atoms with Crippen molar-refractivity contribution >= 4 is 11.9 Å². The van der Waals surface area contributed by atoms with Crippen LogP contribution in [-0.4, -0.2) is 54.8 Å². The number of hydrogen-bond donors (Lipinski definition) is 0. The third kappa shape index (κ3) is 2.76. The first-order valence-corrected chi connectivity index (χ1v) is 8.11. The van der Waals surface area contributed by atoms with Crippen molar-refractivity contribution in [3.8, 4) is 0 Å². The second-order valence-corrected chi connectivity index (χ2v) is 6.36. The van der Waals surface area contributed by atoms with Crippen LogP contribution in [0.15, 0.2) is 35.7 Å². The summed E-state index contributed by atoms with van der Waals surface area (Å²) >= 11 is 0. The zero-order valence-electron chi connectivity index (χ0n) is 14.1. The molecule has 0 aromatic heterocycles. The van der Waals surface area contributed by atoms with Crippen LogP contribution in [-0.2, 0) is 19.1 Å². The molecular formula is C17H20N2O6. The maximum Gasteiger partial charge on any atom is 0.358 e. The van der Waals surface area contributed by atoms with Crippen LogP contribution < -0.4 is 0 Å². The van der Waals surface area contributed by atoms with E-state index in [0.29, 0.717) is 18.4 Å². The number of rotatable bonds is 5. The highest BCUT2D eigenvalue weighted by atomic mass is 16.8. The summed E-state index contributed by atoms with van der Waals surface area (Å²) in [7, 11) is 3.05. The molecule has 25 heavy (non-hydrogen) atoms. The van der Waals surface area contributed by atoms with E-state index in [-0.39, 0.29) is 6.04 Å². The van der Waals surface area contributed by atoms with Crippen LogP contribution in [0.5, 0.6) is 0 Å². The Kier molecular flexibility index (Phi) is 4.71. The van der Waals surface area contributed by atoms with Crippen molar-refractivity contribution in [2.45, 2.75) is 43.1 Å². The van der Waals surface area contributed by atoms with E-state index >= 15 is 0 Å². The Labute approximate surface area is 145 Å². The predicted octanol–water partition coefficient (Wildman–Crippen LogP) is 1.69. The number of fused-ring (bicyclic) bond motifs is 2. The van der Waals surface area contributed by atoms with Gasteiger partial charge in [-0.3, -0.25) is 4.90 Å². The molecule has 0 unspecified atom stereocenters. The molecule has 0 amide bonds. The summed E-state index contributed by atoms with van der Waals surface area (Å²) in [6.45, 7) is 0. The lowest BCUT2D eigenvalue weighted by atomic mass is 9.82. The van der Waals surface area contributed by atoms with Gasteiger partial charge in [-0.05, 0) is 32.0 Å². The molecule has 8 nitrogen and oxygen atoms in total. The first-order chi connectivity index (χ1) is 12.0. The average molecular weight is 348 g/mol. The minimum Gasteiger partial charge on any atom is -0.466 e. The first-order valence-electron chi connectivity index (χ1n) is 8.11. The van der Waals surface area contributed by atoms with Crippen LogP contribution in [0, 0.1) is 4.91 Å². The van der Waals surface area contributed by atoms with Gasteiger partial charge < -0.3 is 14.3 Å². The molecule has 2 bridgehead atoms. The van der Waals surface area contributed by atoms with E-state index in [1.165, 1.54) is 7.11 Å². The van der Waals surface area contributed by atoms with Gasteiger partial charge in [-0.2, -0.15) is 0 Å². The quantitative estimate of drug-likeness (QED) is 0.454. The summed E-state index contributed by atoms with van der Waals surface area (Å²) in [5.74, 6) is -1.35. The predicted molar refractivity (Wildman–Crippen MR) is 86.5 cm³/mol. The number of carbonyl (C=O) groups excluding carboxylic acids is 2. The van der Waals surface area contributed by atoms with Gasteiger partial charge in [0.05, 0.1) is 18.7 Å². The second kappa shape index (κ2) is 6.79. The van der Waals surface area contributed by atoms with Gasteiger partial charge in [-0.25, -0.2) is 9.59 Å². The number of hydrogen-bond acceptors (Lipinski definition) is 8. The zero-order chi connectivity index (χ0) is 18.0. The average Bonchev–Trinajstić information content (AvgIpc) is 2.91. The van der Waals surface area contributed by atoms with E-state index in [4.69, 9.17) is 14.3 Å². The number of nitrogens with zero attached hydrogens (tertiary/aromatic N) is 2. The van der Waals surface area contributed by atoms with Crippen molar-refractivity contribution in [1.82, 2.24) is 4.90 Å². The molecule has 1 aromatic carbocycles. The van der Waals surface area contributed by atoms with Crippen molar-refractivity contribution in [3.63, 3.8) is 0 Å². The van der Waals surface area contributed by atoms with Crippen LogP contribution >= 0.6 is 0 Å². The molecule has 0 spiro atoms. The van der Waals surface area contributed by atoms with Gasteiger partial charge in [0.25, 0.3) is 5.60 Å². The van der Waals surface area contributed by atoms with Gasteiger partial charge in [0.15, 0.2) is 11.4 Å². The van der Waals surface area contributed by atoms with Gasteiger partial charge in [0.1, 0.15) is 0 Å². The third-order valence-corrected chi connectivity index (χ3v) is 5.25. The normalized spacial score (nSPS) is 31.2. The minimum absolute atomic E-state index is 0.131. The Morgan fingerprint density at radius 1 is 1.24 bits per heavy atom. The molecule has 2 aliphatic heterocycles. The van der Waals surface area contributed by atoms with E-state index < -0.39 is 29.7 Å². The van der Waals surface area contributed by atoms with Crippen LogP contribution in [0.4, 0.5) is 0 Å². The van der Waals surface area contributed by atoms with Crippen LogP contribution in [0.25, 0.3) is 0 Å². The van der Waals surface area contributed by atoms with Crippen molar-refractivity contribution in [1.29, 1.82) is 0 Å². The molecule has 2 heterocycles. The molecule has 2 fully saturated rings. The summed E-state index contributed by atoms with van der Waals surface area (Å²) in [4.78, 5) is 43.0. The fraction of sp³-hybridized carbons (Fsp3) is 0.529.